The van der Waals surface area contributed by atoms with Gasteiger partial charge >= 0.3 is 0 Å². The summed E-state index contributed by atoms with van der Waals surface area (Å²) in [5.41, 5.74) is 18.6. The lowest BCUT2D eigenvalue weighted by atomic mass is 9.65. The van der Waals surface area contributed by atoms with Gasteiger partial charge in [0.2, 0.25) is 0 Å². The Labute approximate surface area is 450 Å². The smallest absolute Gasteiger partial charge is 0.178 e. The molecule has 0 bridgehead atoms. The summed E-state index contributed by atoms with van der Waals surface area (Å²) in [4.78, 5) is 5.58. The van der Waals surface area contributed by atoms with Gasteiger partial charge in [0.15, 0.2) is 23.0 Å². The number of ether oxygens (including phenoxy) is 2. The Hall–Kier alpha value is -8.79. The number of rotatable bonds is 11. The zero-order valence-electron chi connectivity index (χ0n) is 44.0. The van der Waals surface area contributed by atoms with E-state index in [2.05, 4.69) is 252 Å². The molecule has 1 aliphatic heterocycles. The van der Waals surface area contributed by atoms with Crippen molar-refractivity contribution in [3.63, 3.8) is 0 Å². The van der Waals surface area contributed by atoms with Crippen LogP contribution in [0.3, 0.4) is 0 Å². The van der Waals surface area contributed by atoms with Gasteiger partial charge in [-0.15, -0.1) is 13.2 Å². The van der Waals surface area contributed by atoms with E-state index in [4.69, 9.17) is 14.5 Å². The minimum atomic E-state index is -0.464. The fraction of sp³-hybridized carbons (Fsp3) is 0.137. The first-order valence-corrected chi connectivity index (χ1v) is 26.9. The molecule has 3 nitrogen and oxygen atoms in total. The summed E-state index contributed by atoms with van der Waals surface area (Å²) < 4.78 is 14.2. The van der Waals surface area contributed by atoms with E-state index in [-0.39, 0.29) is 0 Å². The van der Waals surface area contributed by atoms with E-state index in [1.807, 2.05) is 19.1 Å². The summed E-state index contributed by atoms with van der Waals surface area (Å²) in [6.45, 7) is 13.0. The maximum atomic E-state index is 7.35. The van der Waals surface area contributed by atoms with Crippen molar-refractivity contribution in [2.45, 2.75) is 64.7 Å². The van der Waals surface area contributed by atoms with E-state index in [9.17, 15) is 0 Å². The maximum absolute atomic E-state index is 7.35. The van der Waals surface area contributed by atoms with Crippen LogP contribution in [0.2, 0.25) is 0 Å². The van der Waals surface area contributed by atoms with Crippen LogP contribution in [0.4, 0.5) is 0 Å². The average molecular weight is 988 g/mol. The van der Waals surface area contributed by atoms with Crippen molar-refractivity contribution >= 4 is 17.0 Å². The Kier molecular flexibility index (Phi) is 15.8. The minimum absolute atomic E-state index is 0.464. The fourth-order valence-corrected chi connectivity index (χ4v) is 11.0. The molecule has 3 heteroatoms. The van der Waals surface area contributed by atoms with Gasteiger partial charge in [-0.05, 0) is 132 Å². The highest BCUT2D eigenvalue weighted by Crippen LogP contribution is 2.63. The molecule has 0 radical (unpaired) electrons. The molecule has 374 valence electrons. The predicted molar refractivity (Wildman–Crippen MR) is 321 cm³/mol. The van der Waals surface area contributed by atoms with E-state index in [0.29, 0.717) is 11.5 Å². The van der Waals surface area contributed by atoms with Crippen molar-refractivity contribution in [3.05, 3.63) is 300 Å². The van der Waals surface area contributed by atoms with Gasteiger partial charge in [0.05, 0.1) is 16.8 Å². The molecule has 8 aromatic rings. The Morgan fingerprint density at radius 3 is 1.76 bits per heavy atom. The van der Waals surface area contributed by atoms with Crippen LogP contribution in [0.5, 0.6) is 23.0 Å². The molecule has 1 heterocycles. The molecule has 0 spiro atoms. The highest BCUT2D eigenvalue weighted by molar-refractivity contribution is 6.16. The van der Waals surface area contributed by atoms with Crippen LogP contribution in [0.25, 0.3) is 44.7 Å². The number of aliphatic imine (C=N–C) groups is 1. The topological polar surface area (TPSA) is 30.8 Å². The summed E-state index contributed by atoms with van der Waals surface area (Å²) in [6, 6.07) is 68.9. The Morgan fingerprint density at radius 2 is 1.14 bits per heavy atom. The molecular formula is C73H65NO2. The molecule has 76 heavy (non-hydrogen) atoms. The summed E-state index contributed by atoms with van der Waals surface area (Å²) >= 11 is 0. The van der Waals surface area contributed by atoms with Crippen LogP contribution < -0.4 is 9.47 Å². The zero-order valence-corrected chi connectivity index (χ0v) is 44.0. The van der Waals surface area contributed by atoms with Gasteiger partial charge in [0.25, 0.3) is 0 Å². The number of allylic oxidation sites excluding steroid dienone is 11. The van der Waals surface area contributed by atoms with Gasteiger partial charge in [0.1, 0.15) is 0 Å². The maximum Gasteiger partial charge on any atom is 0.178 e. The second-order valence-electron chi connectivity index (χ2n) is 19.3. The SMILES string of the molecule is C/C=C(\N=C(c1cccc(-c2ccccc2)c1)c1cccc(-c2cccc3c2Oc2c(ccc4c2C2=C(C=CCC2)C4(C2=CCCC=C2)c2ccccc2)O3)c1)c1cccc(-c2ccccc2)c1.C=CC.C=CCCC. The van der Waals surface area contributed by atoms with Crippen LogP contribution in [0.1, 0.15) is 92.7 Å². The Morgan fingerprint density at radius 1 is 0.566 bits per heavy atom. The van der Waals surface area contributed by atoms with Crippen LogP contribution >= 0.6 is 0 Å². The van der Waals surface area contributed by atoms with Crippen LogP contribution in [0.15, 0.2) is 272 Å². The number of para-hydroxylation sites is 1. The van der Waals surface area contributed by atoms with Crippen molar-refractivity contribution < 1.29 is 9.47 Å². The summed E-state index contributed by atoms with van der Waals surface area (Å²) in [6.07, 6.45) is 24.0. The molecule has 4 aliphatic rings. The van der Waals surface area contributed by atoms with Crippen LogP contribution in [0, 0.1) is 0 Å². The minimum Gasteiger partial charge on any atom is -0.449 e. The molecule has 0 aromatic heterocycles. The molecular weight excluding hydrogens is 923 g/mol. The third kappa shape index (κ3) is 10.1. The number of hydrogen-bond acceptors (Lipinski definition) is 3. The molecule has 0 amide bonds. The molecule has 0 N–H and O–H groups in total. The average Bonchev–Trinajstić information content (AvgIpc) is 3.98. The summed E-state index contributed by atoms with van der Waals surface area (Å²) in [7, 11) is 0. The quantitative estimate of drug-likeness (QED) is 0.0955. The predicted octanol–water partition coefficient (Wildman–Crippen LogP) is 20.3. The van der Waals surface area contributed by atoms with Gasteiger partial charge in [0, 0.05) is 27.8 Å². The summed E-state index contributed by atoms with van der Waals surface area (Å²) in [5.74, 6) is 2.94. The molecule has 1 atom stereocenters. The first-order chi connectivity index (χ1) is 37.5. The first kappa shape index (κ1) is 50.7. The van der Waals surface area contributed by atoms with E-state index < -0.39 is 5.41 Å². The molecule has 1 unspecified atom stereocenters. The number of unbranched alkanes of at least 4 members (excludes halogenated alkanes) is 1. The van der Waals surface area contributed by atoms with E-state index in [0.717, 1.165) is 105 Å². The second kappa shape index (κ2) is 23.6. The lowest BCUT2D eigenvalue weighted by Gasteiger charge is -2.37. The first-order valence-electron chi connectivity index (χ1n) is 26.9. The lowest BCUT2D eigenvalue weighted by molar-refractivity contribution is 0.359. The number of nitrogens with zero attached hydrogens (tertiary/aromatic N) is 1. The van der Waals surface area contributed by atoms with Crippen molar-refractivity contribution in [1.29, 1.82) is 0 Å². The number of hydrogen-bond donors (Lipinski definition) is 0. The highest BCUT2D eigenvalue weighted by Gasteiger charge is 2.50. The standard InChI is InChI=1S/C65H49NO2.C5H10.C3H6/c1-2-58(49-28-17-25-46(41-49)44-21-7-3-8-22-44)66-62(50-29-18-26-47(42-50)45-23-9-4-10-24-45)51-30-19-27-48(43-51)54-36-20-38-59-63(54)68-64-60(67-59)40-39-57-61(64)55-35-15-16-37-56(55)65(57,52-31-11-5-12-32-52)53-33-13-6-14-34-53;1-3-5-4-2;1-3-2/h2-5,7-13,16-34,36-43H,6,14-15,35H2,1H3;3H,1,4-5H2,2H3;3H,1H2,2H3/b58-2-,66-62?;;. The van der Waals surface area contributed by atoms with E-state index in [1.165, 1.54) is 39.8 Å². The van der Waals surface area contributed by atoms with Gasteiger partial charge in [-0.3, -0.25) is 0 Å². The third-order valence-electron chi connectivity index (χ3n) is 14.4. The number of benzene rings is 8. The van der Waals surface area contributed by atoms with Crippen molar-refractivity contribution in [2.75, 3.05) is 0 Å². The fourth-order valence-electron chi connectivity index (χ4n) is 11.0. The third-order valence-corrected chi connectivity index (χ3v) is 14.4. The van der Waals surface area contributed by atoms with Crippen LogP contribution in [-0.2, 0) is 5.41 Å². The van der Waals surface area contributed by atoms with E-state index in [1.54, 1.807) is 6.08 Å². The highest BCUT2D eigenvalue weighted by atomic mass is 16.6. The van der Waals surface area contributed by atoms with Crippen LogP contribution in [-0.4, -0.2) is 5.71 Å². The molecule has 0 fully saturated rings. The Bertz CT molecular complexity index is 3590. The second-order valence-corrected chi connectivity index (χ2v) is 19.3. The van der Waals surface area contributed by atoms with Crippen molar-refractivity contribution in [1.82, 2.24) is 0 Å². The van der Waals surface area contributed by atoms with Gasteiger partial charge in [-0.2, -0.15) is 0 Å². The van der Waals surface area contributed by atoms with Gasteiger partial charge in [-0.25, -0.2) is 4.99 Å². The lowest BCUT2D eigenvalue weighted by Crippen LogP contribution is -2.30. The molecule has 3 aliphatic carbocycles. The molecule has 8 aromatic carbocycles. The Balaban J connectivity index is 0.000000770. The molecule has 0 saturated heterocycles. The monoisotopic (exact) mass is 988 g/mol. The number of fused-ring (bicyclic) bond motifs is 5. The summed E-state index contributed by atoms with van der Waals surface area (Å²) in [5, 5.41) is 0. The molecule has 0 saturated carbocycles. The van der Waals surface area contributed by atoms with E-state index >= 15 is 0 Å². The zero-order chi connectivity index (χ0) is 52.3. The van der Waals surface area contributed by atoms with Crippen molar-refractivity contribution in [2.24, 2.45) is 4.99 Å². The normalized spacial score (nSPS) is 15.9. The molecule has 12 rings (SSSR count). The largest absolute Gasteiger partial charge is 0.449 e. The van der Waals surface area contributed by atoms with Crippen molar-refractivity contribution in [3.8, 4) is 56.4 Å². The van der Waals surface area contributed by atoms with Gasteiger partial charge in [-0.1, -0.05) is 226 Å². The van der Waals surface area contributed by atoms with Gasteiger partial charge < -0.3 is 9.47 Å².